The minimum Gasteiger partial charge on any atom is -0.394 e. The van der Waals surface area contributed by atoms with Gasteiger partial charge in [0.15, 0.2) is 15.6 Å². The van der Waals surface area contributed by atoms with Crippen molar-refractivity contribution in [3.63, 3.8) is 0 Å². The monoisotopic (exact) mass is 230 g/mol. The van der Waals surface area contributed by atoms with Gasteiger partial charge in [-0.1, -0.05) is 5.16 Å². The average Bonchev–Trinajstić information content (AvgIpc) is 2.46. The standard InChI is InChI=1S/C9H14N2O3S/c1-6-8(10)9(14-11-6)7-3-2-4-15(12,13)5-7/h7H,2-5,10H2,1H3. The zero-order valence-electron chi connectivity index (χ0n) is 8.56. The topological polar surface area (TPSA) is 86.2 Å². The van der Waals surface area contributed by atoms with Crippen molar-refractivity contribution in [2.45, 2.75) is 25.7 Å². The van der Waals surface area contributed by atoms with E-state index in [2.05, 4.69) is 5.16 Å². The lowest BCUT2D eigenvalue weighted by atomic mass is 10.0. The maximum absolute atomic E-state index is 11.4. The van der Waals surface area contributed by atoms with Gasteiger partial charge in [-0.3, -0.25) is 0 Å². The third kappa shape index (κ3) is 1.99. The van der Waals surface area contributed by atoms with E-state index in [9.17, 15) is 8.42 Å². The van der Waals surface area contributed by atoms with Crippen molar-refractivity contribution in [2.75, 3.05) is 17.2 Å². The SMILES string of the molecule is Cc1noc(C2CCCS(=O)(=O)C2)c1N. The highest BCUT2D eigenvalue weighted by molar-refractivity contribution is 7.91. The summed E-state index contributed by atoms with van der Waals surface area (Å²) in [5.74, 6) is 0.822. The highest BCUT2D eigenvalue weighted by Crippen LogP contribution is 2.32. The molecule has 84 valence electrons. The van der Waals surface area contributed by atoms with Crippen LogP contribution in [0.5, 0.6) is 0 Å². The summed E-state index contributed by atoms with van der Waals surface area (Å²) in [5.41, 5.74) is 6.90. The molecule has 2 heterocycles. The summed E-state index contributed by atoms with van der Waals surface area (Å²) in [5, 5.41) is 3.74. The molecule has 0 saturated carbocycles. The number of hydrogen-bond donors (Lipinski definition) is 1. The molecule has 0 spiro atoms. The summed E-state index contributed by atoms with van der Waals surface area (Å²) < 4.78 is 28.0. The molecule has 1 unspecified atom stereocenters. The third-order valence-corrected chi connectivity index (χ3v) is 4.59. The Morgan fingerprint density at radius 3 is 2.80 bits per heavy atom. The summed E-state index contributed by atoms with van der Waals surface area (Å²) in [6, 6.07) is 0. The smallest absolute Gasteiger partial charge is 0.163 e. The first-order valence-corrected chi connectivity index (χ1v) is 6.74. The number of aromatic nitrogens is 1. The molecule has 2 rings (SSSR count). The van der Waals surface area contributed by atoms with Gasteiger partial charge in [0.2, 0.25) is 0 Å². The van der Waals surface area contributed by atoms with E-state index in [1.807, 2.05) is 0 Å². The second-order valence-corrected chi connectivity index (χ2v) is 6.23. The quantitative estimate of drug-likeness (QED) is 0.773. The van der Waals surface area contributed by atoms with Gasteiger partial charge < -0.3 is 10.3 Å². The highest BCUT2D eigenvalue weighted by atomic mass is 32.2. The molecule has 0 radical (unpaired) electrons. The van der Waals surface area contributed by atoms with Crippen LogP contribution < -0.4 is 5.73 Å². The highest BCUT2D eigenvalue weighted by Gasteiger charge is 2.30. The molecule has 5 nitrogen and oxygen atoms in total. The molecular formula is C9H14N2O3S. The molecule has 2 N–H and O–H groups in total. The van der Waals surface area contributed by atoms with Crippen LogP contribution in [0.3, 0.4) is 0 Å². The summed E-state index contributed by atoms with van der Waals surface area (Å²) >= 11 is 0. The molecule has 1 aliphatic heterocycles. The third-order valence-electron chi connectivity index (χ3n) is 2.77. The van der Waals surface area contributed by atoms with E-state index in [1.54, 1.807) is 6.92 Å². The molecule has 1 aromatic heterocycles. The van der Waals surface area contributed by atoms with Crippen molar-refractivity contribution < 1.29 is 12.9 Å². The normalized spacial score (nSPS) is 25.3. The van der Waals surface area contributed by atoms with Crippen molar-refractivity contribution in [3.8, 4) is 0 Å². The molecule has 0 amide bonds. The average molecular weight is 230 g/mol. The van der Waals surface area contributed by atoms with E-state index in [4.69, 9.17) is 10.3 Å². The van der Waals surface area contributed by atoms with Gasteiger partial charge in [0, 0.05) is 5.92 Å². The molecular weight excluding hydrogens is 216 g/mol. The van der Waals surface area contributed by atoms with Gasteiger partial charge in [0.1, 0.15) is 5.69 Å². The Hall–Kier alpha value is -1.04. The summed E-state index contributed by atoms with van der Waals surface area (Å²) in [6.45, 7) is 1.75. The van der Waals surface area contributed by atoms with Gasteiger partial charge >= 0.3 is 0 Å². The van der Waals surface area contributed by atoms with Crippen LogP contribution in [0.15, 0.2) is 4.52 Å². The van der Waals surface area contributed by atoms with E-state index in [0.29, 0.717) is 23.6 Å². The molecule has 0 aliphatic carbocycles. The number of anilines is 1. The second-order valence-electron chi connectivity index (χ2n) is 4.00. The van der Waals surface area contributed by atoms with Crippen LogP contribution in [0.25, 0.3) is 0 Å². The van der Waals surface area contributed by atoms with E-state index in [1.165, 1.54) is 0 Å². The summed E-state index contributed by atoms with van der Waals surface area (Å²) in [7, 11) is -2.93. The maximum Gasteiger partial charge on any atom is 0.163 e. The number of hydrogen-bond acceptors (Lipinski definition) is 5. The Bertz CT molecular complexity index is 464. The van der Waals surface area contributed by atoms with E-state index in [-0.39, 0.29) is 17.4 Å². The van der Waals surface area contributed by atoms with Crippen LogP contribution in [0.4, 0.5) is 5.69 Å². The van der Waals surface area contributed by atoms with Crippen LogP contribution >= 0.6 is 0 Å². The molecule has 1 saturated heterocycles. The molecule has 1 aromatic rings. The lowest BCUT2D eigenvalue weighted by Crippen LogP contribution is -2.23. The lowest BCUT2D eigenvalue weighted by Gasteiger charge is -2.19. The lowest BCUT2D eigenvalue weighted by molar-refractivity contribution is 0.355. The van der Waals surface area contributed by atoms with Gasteiger partial charge in [-0.25, -0.2) is 8.42 Å². The zero-order valence-corrected chi connectivity index (χ0v) is 9.38. The molecule has 1 fully saturated rings. The number of sulfone groups is 1. The first kappa shape index (κ1) is 10.5. The predicted octanol–water partition coefficient (Wildman–Crippen LogP) is 0.857. The fraction of sp³-hybridized carbons (Fsp3) is 0.667. The van der Waals surface area contributed by atoms with Crippen molar-refractivity contribution >= 4 is 15.5 Å². The second kappa shape index (κ2) is 3.52. The van der Waals surface area contributed by atoms with Crippen LogP contribution in [-0.4, -0.2) is 25.1 Å². The number of rotatable bonds is 1. The van der Waals surface area contributed by atoms with Crippen LogP contribution in [0.1, 0.15) is 30.2 Å². The Morgan fingerprint density at radius 1 is 1.53 bits per heavy atom. The number of aryl methyl sites for hydroxylation is 1. The van der Waals surface area contributed by atoms with E-state index < -0.39 is 9.84 Å². The van der Waals surface area contributed by atoms with Crippen LogP contribution in [0, 0.1) is 6.92 Å². The molecule has 1 atom stereocenters. The van der Waals surface area contributed by atoms with Crippen molar-refractivity contribution in [1.29, 1.82) is 0 Å². The fourth-order valence-electron chi connectivity index (χ4n) is 1.92. The minimum atomic E-state index is -2.93. The fourth-order valence-corrected chi connectivity index (χ4v) is 3.62. The molecule has 15 heavy (non-hydrogen) atoms. The van der Waals surface area contributed by atoms with Crippen LogP contribution in [-0.2, 0) is 9.84 Å². The van der Waals surface area contributed by atoms with Crippen molar-refractivity contribution in [1.82, 2.24) is 5.16 Å². The van der Waals surface area contributed by atoms with E-state index in [0.717, 1.165) is 6.42 Å². The van der Waals surface area contributed by atoms with E-state index >= 15 is 0 Å². The Labute approximate surface area is 88.5 Å². The first-order chi connectivity index (χ1) is 6.99. The summed E-state index contributed by atoms with van der Waals surface area (Å²) in [4.78, 5) is 0. The number of nitrogens with two attached hydrogens (primary N) is 1. The van der Waals surface area contributed by atoms with Crippen molar-refractivity contribution in [3.05, 3.63) is 11.5 Å². The van der Waals surface area contributed by atoms with Gasteiger partial charge in [-0.15, -0.1) is 0 Å². The molecule has 1 aliphatic rings. The van der Waals surface area contributed by atoms with Crippen LogP contribution in [0.2, 0.25) is 0 Å². The maximum atomic E-state index is 11.4. The predicted molar refractivity (Wildman–Crippen MR) is 56.3 cm³/mol. The Balaban J connectivity index is 2.28. The molecule has 0 aromatic carbocycles. The number of nitrogen functional groups attached to an aromatic ring is 1. The minimum absolute atomic E-state index is 0.120. The van der Waals surface area contributed by atoms with Crippen molar-refractivity contribution in [2.24, 2.45) is 0 Å². The first-order valence-electron chi connectivity index (χ1n) is 4.91. The summed E-state index contributed by atoms with van der Waals surface area (Å²) in [6.07, 6.45) is 1.48. The molecule has 0 bridgehead atoms. The molecule has 6 heteroatoms. The number of nitrogens with zero attached hydrogens (tertiary/aromatic N) is 1. The Morgan fingerprint density at radius 2 is 2.27 bits per heavy atom. The van der Waals surface area contributed by atoms with Gasteiger partial charge in [0.25, 0.3) is 0 Å². The van der Waals surface area contributed by atoms with Gasteiger partial charge in [-0.05, 0) is 19.8 Å². The zero-order chi connectivity index (χ0) is 11.1. The Kier molecular flexibility index (Phi) is 2.46. The van der Waals surface area contributed by atoms with Gasteiger partial charge in [-0.2, -0.15) is 0 Å². The van der Waals surface area contributed by atoms with Gasteiger partial charge in [0.05, 0.1) is 17.2 Å². The largest absolute Gasteiger partial charge is 0.394 e.